The van der Waals surface area contributed by atoms with Gasteiger partial charge in [-0.3, -0.25) is 4.57 Å². The van der Waals surface area contributed by atoms with E-state index in [1.54, 1.807) is 0 Å². The van der Waals surface area contributed by atoms with Gasteiger partial charge in [-0.1, -0.05) is 18.2 Å². The van der Waals surface area contributed by atoms with Crippen LogP contribution in [-0.2, 0) is 13.8 Å². The molecule has 0 amide bonds. The normalized spacial score (nSPS) is 12.3. The Kier molecular flexibility index (Phi) is 6.85. The Morgan fingerprint density at radius 3 is 2.44 bits per heavy atom. The number of hydrogen-bond acceptors (Lipinski definition) is 4. The maximum absolute atomic E-state index is 10.2. The lowest BCUT2D eigenvalue weighted by Crippen LogP contribution is -2.09. The van der Waals surface area contributed by atoms with Crippen LogP contribution in [0.3, 0.4) is 0 Å². The first-order valence-electron chi connectivity index (χ1n) is 4.90. The highest BCUT2D eigenvalue weighted by molar-refractivity contribution is 7.32. The van der Waals surface area contributed by atoms with Crippen molar-refractivity contribution in [2.24, 2.45) is 0 Å². The highest BCUT2D eigenvalue weighted by Gasteiger charge is 1.94. The zero-order valence-corrected chi connectivity index (χ0v) is 9.80. The molecule has 0 bridgehead atoms. The van der Waals surface area contributed by atoms with Gasteiger partial charge in [0, 0.05) is 0 Å². The zero-order chi connectivity index (χ0) is 11.6. The molecule has 0 heterocycles. The molecule has 0 saturated carbocycles. The fraction of sp³-hybridized carbons (Fsp3) is 0.400. The van der Waals surface area contributed by atoms with E-state index in [0.717, 1.165) is 5.75 Å². The lowest BCUT2D eigenvalue weighted by molar-refractivity contribution is 0.0755. The van der Waals surface area contributed by atoms with Gasteiger partial charge in [-0.25, -0.2) is 0 Å². The summed E-state index contributed by atoms with van der Waals surface area (Å²) in [7, 11) is -2.83. The van der Waals surface area contributed by atoms with Crippen molar-refractivity contribution < 1.29 is 23.5 Å². The van der Waals surface area contributed by atoms with Gasteiger partial charge < -0.3 is 18.9 Å². The van der Waals surface area contributed by atoms with Crippen molar-refractivity contribution in [2.75, 3.05) is 26.4 Å². The quantitative estimate of drug-likeness (QED) is 0.556. The van der Waals surface area contributed by atoms with E-state index < -0.39 is 8.25 Å². The van der Waals surface area contributed by atoms with E-state index in [4.69, 9.17) is 14.4 Å². The minimum Gasteiger partial charge on any atom is -0.491 e. The Bertz CT molecular complexity index is 303. The van der Waals surface area contributed by atoms with Crippen molar-refractivity contribution in [3.63, 3.8) is 0 Å². The van der Waals surface area contributed by atoms with Crippen LogP contribution in [0.2, 0.25) is 0 Å². The molecule has 0 radical (unpaired) electrons. The predicted molar refractivity (Wildman–Crippen MR) is 59.9 cm³/mol. The van der Waals surface area contributed by atoms with E-state index in [2.05, 4.69) is 4.52 Å². The van der Waals surface area contributed by atoms with E-state index in [-0.39, 0.29) is 13.2 Å². The van der Waals surface area contributed by atoms with Crippen molar-refractivity contribution in [3.05, 3.63) is 30.3 Å². The second kappa shape index (κ2) is 8.30. The van der Waals surface area contributed by atoms with Crippen LogP contribution < -0.4 is 4.74 Å². The van der Waals surface area contributed by atoms with Crippen molar-refractivity contribution in [3.8, 4) is 5.75 Å². The monoisotopic (exact) mass is 246 g/mol. The van der Waals surface area contributed by atoms with Gasteiger partial charge in [0.25, 0.3) is 0 Å². The fourth-order valence-corrected chi connectivity index (χ4v) is 1.28. The van der Waals surface area contributed by atoms with Crippen molar-refractivity contribution in [2.45, 2.75) is 0 Å². The number of rotatable bonds is 8. The predicted octanol–water partition coefficient (Wildman–Crippen LogP) is 1.48. The van der Waals surface area contributed by atoms with Gasteiger partial charge in [-0.05, 0) is 12.1 Å². The van der Waals surface area contributed by atoms with E-state index >= 15 is 0 Å². The largest absolute Gasteiger partial charge is 0.491 e. The van der Waals surface area contributed by atoms with Crippen LogP contribution in [0.25, 0.3) is 0 Å². The maximum Gasteiger partial charge on any atom is 0.316 e. The molecule has 5 nitrogen and oxygen atoms in total. The van der Waals surface area contributed by atoms with Crippen LogP contribution >= 0.6 is 8.25 Å². The summed E-state index contributed by atoms with van der Waals surface area (Å²) >= 11 is 0. The molecular weight excluding hydrogens is 231 g/mol. The summed E-state index contributed by atoms with van der Waals surface area (Å²) in [6.07, 6.45) is 0. The third-order valence-electron chi connectivity index (χ3n) is 1.69. The summed E-state index contributed by atoms with van der Waals surface area (Å²) in [4.78, 5) is 8.35. The Morgan fingerprint density at radius 1 is 1.06 bits per heavy atom. The van der Waals surface area contributed by atoms with Crippen LogP contribution in [0.4, 0.5) is 0 Å². The van der Waals surface area contributed by atoms with Crippen LogP contribution in [-0.4, -0.2) is 31.3 Å². The number of benzene rings is 1. The van der Waals surface area contributed by atoms with Crippen molar-refractivity contribution in [1.29, 1.82) is 0 Å². The molecule has 0 spiro atoms. The summed E-state index contributed by atoms with van der Waals surface area (Å²) in [6.45, 7) is 1.28. The Morgan fingerprint density at radius 2 is 1.75 bits per heavy atom. The molecule has 0 aliphatic rings. The van der Waals surface area contributed by atoms with Crippen LogP contribution in [0.1, 0.15) is 0 Å². The average Bonchev–Trinajstić information content (AvgIpc) is 2.29. The topological polar surface area (TPSA) is 65.0 Å². The fourth-order valence-electron chi connectivity index (χ4n) is 1.03. The first-order valence-corrected chi connectivity index (χ1v) is 6.17. The molecule has 0 fully saturated rings. The second-order valence-electron chi connectivity index (χ2n) is 2.89. The van der Waals surface area contributed by atoms with E-state index in [1.165, 1.54) is 0 Å². The summed E-state index contributed by atoms with van der Waals surface area (Å²) < 4.78 is 25.1. The minimum atomic E-state index is -2.83. The van der Waals surface area contributed by atoms with Crippen LogP contribution in [0, 0.1) is 0 Å². The molecule has 0 aliphatic heterocycles. The highest BCUT2D eigenvalue weighted by Crippen LogP contribution is 2.13. The molecule has 0 saturated heterocycles. The molecular formula is C10H15O5P. The molecule has 1 unspecified atom stereocenters. The zero-order valence-electron chi connectivity index (χ0n) is 8.80. The summed E-state index contributed by atoms with van der Waals surface area (Å²) in [5, 5.41) is 0. The smallest absolute Gasteiger partial charge is 0.316 e. The molecule has 1 N–H and O–H groups in total. The van der Waals surface area contributed by atoms with Gasteiger partial charge >= 0.3 is 8.25 Å². The molecule has 0 aliphatic carbocycles. The summed E-state index contributed by atoms with van der Waals surface area (Å²) in [5.41, 5.74) is 0. The van der Waals surface area contributed by atoms with Gasteiger partial charge in [-0.2, -0.15) is 0 Å². The number of hydrogen-bond donors (Lipinski definition) is 1. The lowest BCUT2D eigenvalue weighted by atomic mass is 10.3. The summed E-state index contributed by atoms with van der Waals surface area (Å²) in [6, 6.07) is 9.42. The Labute approximate surface area is 94.9 Å². The first kappa shape index (κ1) is 13.2. The number of para-hydroxylation sites is 1. The lowest BCUT2D eigenvalue weighted by Gasteiger charge is -2.06. The maximum atomic E-state index is 10.2. The van der Waals surface area contributed by atoms with Crippen LogP contribution in [0.15, 0.2) is 30.3 Å². The van der Waals surface area contributed by atoms with E-state index in [1.807, 2.05) is 30.3 Å². The Balaban J connectivity index is 1.94. The van der Waals surface area contributed by atoms with Crippen LogP contribution in [0.5, 0.6) is 5.75 Å². The number of ether oxygens (including phenoxy) is 2. The second-order valence-corrected chi connectivity index (χ2v) is 3.71. The van der Waals surface area contributed by atoms with Gasteiger partial charge in [0.2, 0.25) is 0 Å². The third kappa shape index (κ3) is 6.58. The first-order chi connectivity index (χ1) is 7.79. The van der Waals surface area contributed by atoms with Crippen molar-refractivity contribution in [1.82, 2.24) is 0 Å². The van der Waals surface area contributed by atoms with Crippen molar-refractivity contribution >= 4 is 8.25 Å². The van der Waals surface area contributed by atoms with Gasteiger partial charge in [0.1, 0.15) is 12.4 Å². The van der Waals surface area contributed by atoms with Gasteiger partial charge in [0.15, 0.2) is 0 Å². The summed E-state index contributed by atoms with van der Waals surface area (Å²) in [5.74, 6) is 0.794. The van der Waals surface area contributed by atoms with E-state index in [9.17, 15) is 4.57 Å². The molecule has 1 atom stereocenters. The Hall–Kier alpha value is -0.870. The van der Waals surface area contributed by atoms with Gasteiger partial charge in [-0.15, -0.1) is 0 Å². The SMILES string of the molecule is O=[PH](O)OCCOCCOc1ccccc1. The van der Waals surface area contributed by atoms with Gasteiger partial charge in [0.05, 0.1) is 19.8 Å². The average molecular weight is 246 g/mol. The third-order valence-corrected chi connectivity index (χ3v) is 2.14. The standard InChI is InChI=1S/C10H15O5P/c11-16(12)15-9-7-13-6-8-14-10-4-2-1-3-5-10/h1-5,16H,6-9H2,(H,11,12). The highest BCUT2D eigenvalue weighted by atomic mass is 31.1. The molecule has 0 aromatic heterocycles. The van der Waals surface area contributed by atoms with E-state index in [0.29, 0.717) is 13.2 Å². The minimum absolute atomic E-state index is 0.125. The molecule has 1 rings (SSSR count). The molecule has 1 aromatic carbocycles. The molecule has 16 heavy (non-hydrogen) atoms. The molecule has 1 aromatic rings. The molecule has 90 valence electrons. The molecule has 6 heteroatoms.